The van der Waals surface area contributed by atoms with Crippen LogP contribution in [0.15, 0.2) is 42.5 Å². The van der Waals surface area contributed by atoms with E-state index >= 15 is 0 Å². The summed E-state index contributed by atoms with van der Waals surface area (Å²) in [6, 6.07) is 15.9. The van der Waals surface area contributed by atoms with Crippen molar-refractivity contribution in [2.75, 3.05) is 0 Å². The Hall–Kier alpha value is -1.98. The molecule has 0 fully saturated rings. The van der Waals surface area contributed by atoms with Gasteiger partial charge in [0, 0.05) is 5.88 Å². The lowest BCUT2D eigenvalue weighted by atomic mass is 10.0. The van der Waals surface area contributed by atoms with E-state index in [1.54, 1.807) is 0 Å². The van der Waals surface area contributed by atoms with Crippen LogP contribution in [-0.2, 0) is 5.88 Å². The molecule has 0 amide bonds. The van der Waals surface area contributed by atoms with Crippen LogP contribution in [0.5, 0.6) is 5.75 Å². The summed E-state index contributed by atoms with van der Waals surface area (Å²) in [6.45, 7) is 3.89. The van der Waals surface area contributed by atoms with Gasteiger partial charge >= 0.3 is 0 Å². The predicted molar refractivity (Wildman–Crippen MR) is 81.9 cm³/mol. The molecule has 2 nitrogen and oxygen atoms in total. The highest BCUT2D eigenvalue weighted by molar-refractivity contribution is 6.17. The van der Waals surface area contributed by atoms with Gasteiger partial charge in [-0.15, -0.1) is 11.6 Å². The molecule has 0 aliphatic heterocycles. The summed E-state index contributed by atoms with van der Waals surface area (Å²) in [5, 5.41) is 9.24. The largest absolute Gasteiger partial charge is 0.490 e. The molecular formula is C17H16ClNO. The van der Waals surface area contributed by atoms with Crippen LogP contribution in [0.25, 0.3) is 11.1 Å². The van der Waals surface area contributed by atoms with Crippen molar-refractivity contribution in [3.8, 4) is 22.9 Å². The van der Waals surface area contributed by atoms with Crippen LogP contribution in [0.3, 0.4) is 0 Å². The molecule has 0 heterocycles. The number of nitriles is 1. The van der Waals surface area contributed by atoms with Crippen molar-refractivity contribution in [3.05, 3.63) is 53.6 Å². The minimum absolute atomic E-state index is 0.0518. The van der Waals surface area contributed by atoms with E-state index in [1.165, 1.54) is 0 Å². The van der Waals surface area contributed by atoms with Crippen LogP contribution in [0.2, 0.25) is 0 Å². The number of benzene rings is 2. The zero-order valence-corrected chi connectivity index (χ0v) is 12.3. The maximum Gasteiger partial charge on any atom is 0.137 e. The minimum atomic E-state index is 0.0518. The fourth-order valence-electron chi connectivity index (χ4n) is 1.94. The standard InChI is InChI=1S/C17H16ClNO/c1-12(2)20-17-8-7-15(9-16(17)11-19)14-5-3-13(10-18)4-6-14/h3-9,12H,10H2,1-2H3. The second kappa shape index (κ2) is 6.45. The monoisotopic (exact) mass is 285 g/mol. The third kappa shape index (κ3) is 3.31. The molecule has 0 saturated carbocycles. The van der Waals surface area contributed by atoms with Gasteiger partial charge in [-0.3, -0.25) is 0 Å². The van der Waals surface area contributed by atoms with E-state index in [9.17, 15) is 5.26 Å². The van der Waals surface area contributed by atoms with Crippen molar-refractivity contribution in [1.29, 1.82) is 5.26 Å². The topological polar surface area (TPSA) is 33.0 Å². The molecule has 0 aliphatic rings. The van der Waals surface area contributed by atoms with Gasteiger partial charge in [0.1, 0.15) is 11.8 Å². The Morgan fingerprint density at radius 3 is 2.30 bits per heavy atom. The van der Waals surface area contributed by atoms with Crippen LogP contribution in [0, 0.1) is 11.3 Å². The molecule has 0 unspecified atom stereocenters. The van der Waals surface area contributed by atoms with Crippen molar-refractivity contribution in [3.63, 3.8) is 0 Å². The number of nitrogens with zero attached hydrogens (tertiary/aromatic N) is 1. The summed E-state index contributed by atoms with van der Waals surface area (Å²) in [4.78, 5) is 0. The van der Waals surface area contributed by atoms with Crippen LogP contribution in [0.1, 0.15) is 25.0 Å². The molecule has 0 N–H and O–H groups in total. The summed E-state index contributed by atoms with van der Waals surface area (Å²) in [5.41, 5.74) is 3.69. The van der Waals surface area contributed by atoms with Crippen molar-refractivity contribution in [2.24, 2.45) is 0 Å². The molecule has 0 atom stereocenters. The molecule has 2 aromatic carbocycles. The smallest absolute Gasteiger partial charge is 0.137 e. The van der Waals surface area contributed by atoms with E-state index in [2.05, 4.69) is 6.07 Å². The van der Waals surface area contributed by atoms with Gasteiger partial charge in [-0.25, -0.2) is 0 Å². The Bertz CT molecular complexity index is 626. The lowest BCUT2D eigenvalue weighted by Gasteiger charge is -2.12. The van der Waals surface area contributed by atoms with Crippen LogP contribution in [0.4, 0.5) is 0 Å². The first kappa shape index (κ1) is 14.4. The van der Waals surface area contributed by atoms with E-state index < -0.39 is 0 Å². The normalized spacial score (nSPS) is 10.3. The summed E-state index contributed by atoms with van der Waals surface area (Å²) >= 11 is 5.78. The van der Waals surface area contributed by atoms with E-state index in [-0.39, 0.29) is 6.10 Å². The first-order valence-corrected chi connectivity index (χ1v) is 7.03. The lowest BCUT2D eigenvalue weighted by Crippen LogP contribution is -2.06. The number of ether oxygens (including phenoxy) is 1. The molecular weight excluding hydrogens is 270 g/mol. The fraction of sp³-hybridized carbons (Fsp3) is 0.235. The second-order valence-electron chi connectivity index (χ2n) is 4.82. The Morgan fingerprint density at radius 1 is 1.10 bits per heavy atom. The van der Waals surface area contributed by atoms with Gasteiger partial charge in [-0.2, -0.15) is 5.26 Å². The number of hydrogen-bond donors (Lipinski definition) is 0. The molecule has 0 aromatic heterocycles. The maximum absolute atomic E-state index is 9.24. The number of alkyl halides is 1. The Labute approximate surface area is 124 Å². The van der Waals surface area contributed by atoms with Gasteiger partial charge in [0.15, 0.2) is 0 Å². The van der Waals surface area contributed by atoms with Gasteiger partial charge in [0.2, 0.25) is 0 Å². The molecule has 3 heteroatoms. The Morgan fingerprint density at radius 2 is 1.75 bits per heavy atom. The van der Waals surface area contributed by atoms with Crippen LogP contribution in [-0.4, -0.2) is 6.10 Å². The van der Waals surface area contributed by atoms with Gasteiger partial charge in [0.25, 0.3) is 0 Å². The minimum Gasteiger partial charge on any atom is -0.490 e. The fourth-order valence-corrected chi connectivity index (χ4v) is 2.12. The molecule has 20 heavy (non-hydrogen) atoms. The van der Waals surface area contributed by atoms with E-state index in [4.69, 9.17) is 16.3 Å². The van der Waals surface area contributed by atoms with Crippen molar-refractivity contribution in [2.45, 2.75) is 25.8 Å². The average Bonchev–Trinajstić information content (AvgIpc) is 2.47. The number of halogens is 1. The molecule has 2 aromatic rings. The zero-order valence-electron chi connectivity index (χ0n) is 11.6. The molecule has 0 bridgehead atoms. The van der Waals surface area contributed by atoms with Gasteiger partial charge in [-0.1, -0.05) is 30.3 Å². The second-order valence-corrected chi connectivity index (χ2v) is 5.09. The average molecular weight is 286 g/mol. The molecule has 2 rings (SSSR count). The maximum atomic E-state index is 9.24. The summed E-state index contributed by atoms with van der Waals surface area (Å²) < 4.78 is 5.62. The van der Waals surface area contributed by atoms with E-state index in [0.29, 0.717) is 17.2 Å². The summed E-state index contributed by atoms with van der Waals surface area (Å²) in [7, 11) is 0. The molecule has 0 spiro atoms. The van der Waals surface area contributed by atoms with Gasteiger partial charge in [-0.05, 0) is 42.7 Å². The summed E-state index contributed by atoms with van der Waals surface area (Å²) in [6.07, 6.45) is 0.0518. The van der Waals surface area contributed by atoms with Crippen molar-refractivity contribution in [1.82, 2.24) is 0 Å². The third-order valence-electron chi connectivity index (χ3n) is 2.90. The SMILES string of the molecule is CC(C)Oc1ccc(-c2ccc(CCl)cc2)cc1C#N. The zero-order chi connectivity index (χ0) is 14.5. The Balaban J connectivity index is 2.35. The quantitative estimate of drug-likeness (QED) is 0.759. The highest BCUT2D eigenvalue weighted by Gasteiger charge is 2.07. The first-order valence-electron chi connectivity index (χ1n) is 6.50. The first-order chi connectivity index (χ1) is 9.63. The van der Waals surface area contributed by atoms with E-state index in [1.807, 2.05) is 56.3 Å². The predicted octanol–water partition coefficient (Wildman–Crippen LogP) is 4.75. The molecule has 0 aliphatic carbocycles. The van der Waals surface area contributed by atoms with E-state index in [0.717, 1.165) is 16.7 Å². The Kier molecular flexibility index (Phi) is 4.65. The van der Waals surface area contributed by atoms with Crippen LogP contribution >= 0.6 is 11.6 Å². The van der Waals surface area contributed by atoms with Gasteiger partial charge < -0.3 is 4.74 Å². The lowest BCUT2D eigenvalue weighted by molar-refractivity contribution is 0.242. The highest BCUT2D eigenvalue weighted by Crippen LogP contribution is 2.27. The molecule has 0 saturated heterocycles. The van der Waals surface area contributed by atoms with Crippen LogP contribution < -0.4 is 4.74 Å². The van der Waals surface area contributed by atoms with Crippen molar-refractivity contribution < 1.29 is 4.74 Å². The number of hydrogen-bond acceptors (Lipinski definition) is 2. The molecule has 102 valence electrons. The number of rotatable bonds is 4. The summed E-state index contributed by atoms with van der Waals surface area (Å²) in [5.74, 6) is 1.13. The van der Waals surface area contributed by atoms with Gasteiger partial charge in [0.05, 0.1) is 11.7 Å². The third-order valence-corrected chi connectivity index (χ3v) is 3.21. The van der Waals surface area contributed by atoms with Crippen molar-refractivity contribution >= 4 is 11.6 Å². The molecule has 0 radical (unpaired) electrons. The highest BCUT2D eigenvalue weighted by atomic mass is 35.5.